The minimum Gasteiger partial charge on any atom is -0.389 e. The lowest BCUT2D eigenvalue weighted by Gasteiger charge is -2.09. The zero-order valence-corrected chi connectivity index (χ0v) is 13.7. The molecule has 7 heteroatoms. The van der Waals surface area contributed by atoms with Crippen LogP contribution in [-0.2, 0) is 0 Å². The van der Waals surface area contributed by atoms with Crippen LogP contribution in [0.15, 0.2) is 40.9 Å². The molecule has 0 radical (unpaired) electrons. The van der Waals surface area contributed by atoms with Gasteiger partial charge in [-0.05, 0) is 36.4 Å². The molecule has 2 rings (SSSR count). The van der Waals surface area contributed by atoms with Gasteiger partial charge in [-0.1, -0.05) is 39.7 Å². The molecule has 21 heavy (non-hydrogen) atoms. The van der Waals surface area contributed by atoms with Gasteiger partial charge in [-0.25, -0.2) is 4.39 Å². The number of rotatable bonds is 3. The van der Waals surface area contributed by atoms with E-state index < -0.39 is 11.7 Å². The number of carbonyl (C=O) groups excluding carboxylic acids is 1. The molecule has 3 N–H and O–H groups in total. The molecule has 0 aliphatic rings. The van der Waals surface area contributed by atoms with Crippen LogP contribution in [0.2, 0.25) is 5.02 Å². The lowest BCUT2D eigenvalue weighted by Crippen LogP contribution is -2.15. The Morgan fingerprint density at radius 2 is 2.00 bits per heavy atom. The summed E-state index contributed by atoms with van der Waals surface area (Å²) in [4.78, 5) is 12.3. The second kappa shape index (κ2) is 6.51. The first-order valence-corrected chi connectivity index (χ1v) is 7.32. The predicted octanol–water partition coefficient (Wildman–Crippen LogP) is 4.13. The highest BCUT2D eigenvalue weighted by molar-refractivity contribution is 9.10. The van der Waals surface area contributed by atoms with E-state index in [0.717, 1.165) is 0 Å². The van der Waals surface area contributed by atoms with Gasteiger partial charge in [0.15, 0.2) is 0 Å². The van der Waals surface area contributed by atoms with E-state index in [1.807, 2.05) is 0 Å². The minimum atomic E-state index is -0.619. The first kappa shape index (κ1) is 15.9. The third-order valence-electron chi connectivity index (χ3n) is 2.67. The van der Waals surface area contributed by atoms with Gasteiger partial charge >= 0.3 is 0 Å². The van der Waals surface area contributed by atoms with Crippen molar-refractivity contribution in [2.24, 2.45) is 5.73 Å². The van der Waals surface area contributed by atoms with Crippen molar-refractivity contribution in [2.45, 2.75) is 0 Å². The number of thiocarbonyl (C=S) groups is 1. The minimum absolute atomic E-state index is 0.0844. The van der Waals surface area contributed by atoms with E-state index >= 15 is 0 Å². The smallest absolute Gasteiger partial charge is 0.258 e. The van der Waals surface area contributed by atoms with Gasteiger partial charge in [-0.15, -0.1) is 0 Å². The third kappa shape index (κ3) is 3.78. The number of anilines is 1. The summed E-state index contributed by atoms with van der Waals surface area (Å²) in [6.07, 6.45) is 0. The Bertz CT molecular complexity index is 739. The van der Waals surface area contributed by atoms with E-state index in [1.54, 1.807) is 12.1 Å². The van der Waals surface area contributed by atoms with E-state index in [1.165, 1.54) is 24.3 Å². The molecule has 0 saturated heterocycles. The highest BCUT2D eigenvalue weighted by Crippen LogP contribution is 2.24. The average Bonchev–Trinajstić information content (AvgIpc) is 2.43. The van der Waals surface area contributed by atoms with Gasteiger partial charge in [0.25, 0.3) is 5.91 Å². The molecule has 0 fully saturated rings. The van der Waals surface area contributed by atoms with E-state index in [9.17, 15) is 9.18 Å². The lowest BCUT2D eigenvalue weighted by molar-refractivity contribution is 0.102. The zero-order chi connectivity index (χ0) is 15.6. The van der Waals surface area contributed by atoms with Crippen LogP contribution in [0.5, 0.6) is 0 Å². The molecule has 0 bridgehead atoms. The van der Waals surface area contributed by atoms with Gasteiger partial charge in [0, 0.05) is 10.0 Å². The molecule has 0 saturated carbocycles. The van der Waals surface area contributed by atoms with Crippen molar-refractivity contribution in [3.63, 3.8) is 0 Å². The fourth-order valence-corrected chi connectivity index (χ4v) is 2.35. The predicted molar refractivity (Wildman–Crippen MR) is 89.4 cm³/mol. The molecule has 0 spiro atoms. The van der Waals surface area contributed by atoms with Crippen molar-refractivity contribution >= 4 is 56.3 Å². The summed E-state index contributed by atoms with van der Waals surface area (Å²) in [5.74, 6) is -1.22. The summed E-state index contributed by atoms with van der Waals surface area (Å²) in [7, 11) is 0. The number of halogens is 3. The van der Waals surface area contributed by atoms with Crippen molar-refractivity contribution < 1.29 is 9.18 Å². The first-order chi connectivity index (χ1) is 9.88. The van der Waals surface area contributed by atoms with Gasteiger partial charge in [-0.2, -0.15) is 0 Å². The van der Waals surface area contributed by atoms with Gasteiger partial charge in [0.2, 0.25) is 0 Å². The first-order valence-electron chi connectivity index (χ1n) is 5.74. The Hall–Kier alpha value is -1.50. The standard InChI is InChI=1S/C14H9BrClFN2OS/c15-8-2-3-11(17)9(6-8)14(20)19-12-4-1-7(13(18)21)5-10(12)16/h1-6H,(H2,18,21)(H,19,20). The Kier molecular flexibility index (Phi) is 4.92. The maximum absolute atomic E-state index is 13.6. The number of hydrogen-bond acceptors (Lipinski definition) is 2. The monoisotopic (exact) mass is 386 g/mol. The Morgan fingerprint density at radius 1 is 1.29 bits per heavy atom. The van der Waals surface area contributed by atoms with Gasteiger partial charge in [0.1, 0.15) is 10.8 Å². The molecule has 0 aliphatic carbocycles. The Labute approximate surface area is 139 Å². The molecule has 2 aromatic rings. The number of nitrogens with two attached hydrogens (primary N) is 1. The summed E-state index contributed by atoms with van der Waals surface area (Å²) in [5, 5.41) is 2.81. The largest absolute Gasteiger partial charge is 0.389 e. The maximum atomic E-state index is 13.6. The zero-order valence-electron chi connectivity index (χ0n) is 10.5. The molecular formula is C14H9BrClFN2OS. The summed E-state index contributed by atoms with van der Waals surface area (Å²) in [6.45, 7) is 0. The molecule has 0 aliphatic heterocycles. The fraction of sp³-hybridized carbons (Fsp3) is 0. The van der Waals surface area contributed by atoms with Gasteiger partial charge in [0.05, 0.1) is 16.3 Å². The van der Waals surface area contributed by atoms with Crippen molar-refractivity contribution in [2.75, 3.05) is 5.32 Å². The van der Waals surface area contributed by atoms with Crippen molar-refractivity contribution in [3.05, 3.63) is 62.8 Å². The van der Waals surface area contributed by atoms with Gasteiger partial charge < -0.3 is 11.1 Å². The van der Waals surface area contributed by atoms with Crippen LogP contribution in [0.4, 0.5) is 10.1 Å². The van der Waals surface area contributed by atoms with Crippen molar-refractivity contribution in [3.8, 4) is 0 Å². The summed E-state index contributed by atoms with van der Waals surface area (Å²) >= 11 is 14.1. The topological polar surface area (TPSA) is 55.1 Å². The van der Waals surface area contributed by atoms with E-state index in [0.29, 0.717) is 15.7 Å². The fourth-order valence-electron chi connectivity index (χ4n) is 1.63. The molecule has 0 aromatic heterocycles. The number of amides is 1. The quantitative estimate of drug-likeness (QED) is 0.779. The average molecular weight is 388 g/mol. The highest BCUT2D eigenvalue weighted by Gasteiger charge is 2.14. The summed E-state index contributed by atoms with van der Waals surface area (Å²) in [5.41, 5.74) is 6.34. The molecule has 0 heterocycles. The van der Waals surface area contributed by atoms with Crippen molar-refractivity contribution in [1.82, 2.24) is 0 Å². The second-order valence-corrected chi connectivity index (χ2v) is 5.90. The molecule has 108 valence electrons. The van der Waals surface area contributed by atoms with Crippen LogP contribution in [0, 0.1) is 5.82 Å². The molecule has 2 aromatic carbocycles. The Morgan fingerprint density at radius 3 is 2.62 bits per heavy atom. The molecule has 0 atom stereocenters. The number of nitrogens with one attached hydrogen (secondary N) is 1. The third-order valence-corrected chi connectivity index (χ3v) is 3.72. The SMILES string of the molecule is NC(=S)c1ccc(NC(=O)c2cc(Br)ccc2F)c(Cl)c1. The highest BCUT2D eigenvalue weighted by atomic mass is 79.9. The van der Waals surface area contributed by atoms with Crippen molar-refractivity contribution in [1.29, 1.82) is 0 Å². The van der Waals surface area contributed by atoms with Crippen LogP contribution in [-0.4, -0.2) is 10.9 Å². The van der Waals surface area contributed by atoms with Crippen LogP contribution >= 0.6 is 39.7 Å². The van der Waals surface area contributed by atoms with Gasteiger partial charge in [-0.3, -0.25) is 4.79 Å². The number of hydrogen-bond donors (Lipinski definition) is 2. The molecular weight excluding hydrogens is 379 g/mol. The molecule has 0 unspecified atom stereocenters. The van der Waals surface area contributed by atoms with Crippen LogP contribution in [0.3, 0.4) is 0 Å². The van der Waals surface area contributed by atoms with E-state index in [2.05, 4.69) is 21.2 Å². The van der Waals surface area contributed by atoms with Crippen LogP contribution in [0.25, 0.3) is 0 Å². The Balaban J connectivity index is 2.27. The second-order valence-electron chi connectivity index (χ2n) is 4.14. The molecule has 3 nitrogen and oxygen atoms in total. The normalized spacial score (nSPS) is 10.2. The van der Waals surface area contributed by atoms with E-state index in [-0.39, 0.29) is 15.6 Å². The summed E-state index contributed by atoms with van der Waals surface area (Å²) < 4.78 is 14.2. The molecule has 1 amide bonds. The van der Waals surface area contributed by atoms with E-state index in [4.69, 9.17) is 29.6 Å². The summed E-state index contributed by atoms with van der Waals surface area (Å²) in [6, 6.07) is 8.83. The maximum Gasteiger partial charge on any atom is 0.258 e. The van der Waals surface area contributed by atoms with Crippen LogP contribution < -0.4 is 11.1 Å². The lowest BCUT2D eigenvalue weighted by atomic mass is 10.1. The number of carbonyl (C=O) groups is 1. The number of benzene rings is 2. The van der Waals surface area contributed by atoms with Crippen LogP contribution in [0.1, 0.15) is 15.9 Å².